The number of nitrogens with one attached hydrogen (secondary N) is 1. The normalized spacial score (nSPS) is 10.6. The van der Waals surface area contributed by atoms with Gasteiger partial charge >= 0.3 is 0 Å². The van der Waals surface area contributed by atoms with Crippen LogP contribution in [0.1, 0.15) is 0 Å². The van der Waals surface area contributed by atoms with E-state index in [9.17, 15) is 0 Å². The van der Waals surface area contributed by atoms with Gasteiger partial charge in [-0.2, -0.15) is 15.0 Å². The van der Waals surface area contributed by atoms with Crippen molar-refractivity contribution in [2.45, 2.75) is 0 Å². The third kappa shape index (κ3) is 3.97. The van der Waals surface area contributed by atoms with Crippen LogP contribution in [0.2, 0.25) is 0 Å². The number of hydrogen-bond donors (Lipinski definition) is 2. The highest BCUT2D eigenvalue weighted by Crippen LogP contribution is 2.13. The lowest BCUT2D eigenvalue weighted by molar-refractivity contribution is 0.415. The second kappa shape index (κ2) is 6.31. The molecule has 0 radical (unpaired) electrons. The lowest BCUT2D eigenvalue weighted by atomic mass is 10.5. The number of nitrogens with zero attached hydrogens (tertiary/aromatic N) is 6. The summed E-state index contributed by atoms with van der Waals surface area (Å²) in [6, 6.07) is 0. The first-order chi connectivity index (χ1) is 8.43. The molecule has 0 unspecified atom stereocenters. The first-order valence-corrected chi connectivity index (χ1v) is 5.70. The van der Waals surface area contributed by atoms with Crippen molar-refractivity contribution in [3.8, 4) is 0 Å². The Kier molecular flexibility index (Phi) is 5.05. The van der Waals surface area contributed by atoms with E-state index in [1.165, 1.54) is 0 Å². The topological polar surface area (TPSA) is 86.4 Å². The monoisotopic (exact) mass is 254 g/mol. The van der Waals surface area contributed by atoms with Gasteiger partial charge in [0.1, 0.15) is 0 Å². The van der Waals surface area contributed by atoms with Gasteiger partial charge in [-0.15, -0.1) is 0 Å². The maximum absolute atomic E-state index is 5.36. The van der Waals surface area contributed by atoms with Crippen molar-refractivity contribution in [1.29, 1.82) is 0 Å². The van der Waals surface area contributed by atoms with Gasteiger partial charge in [-0.3, -0.25) is 5.43 Å². The van der Waals surface area contributed by atoms with E-state index in [2.05, 4.69) is 25.3 Å². The lowest BCUT2D eigenvalue weighted by Crippen LogP contribution is -2.30. The minimum absolute atomic E-state index is 0.361. The summed E-state index contributed by atoms with van der Waals surface area (Å²) in [5, 5.41) is 0. The van der Waals surface area contributed by atoms with Crippen LogP contribution in [0, 0.1) is 0 Å². The highest BCUT2D eigenvalue weighted by molar-refractivity contribution is 5.43. The fourth-order valence-corrected chi connectivity index (χ4v) is 1.24. The fourth-order valence-electron chi connectivity index (χ4n) is 1.24. The van der Waals surface area contributed by atoms with Crippen molar-refractivity contribution in [2.75, 3.05) is 63.6 Å². The number of hydrazine groups is 1. The molecule has 102 valence electrons. The Hall–Kier alpha value is -1.67. The molecule has 0 saturated carbocycles. The van der Waals surface area contributed by atoms with Crippen molar-refractivity contribution in [1.82, 2.24) is 19.9 Å². The molecule has 0 atom stereocenters. The van der Waals surface area contributed by atoms with Crippen LogP contribution in [-0.4, -0.2) is 68.2 Å². The molecule has 3 N–H and O–H groups in total. The van der Waals surface area contributed by atoms with Gasteiger partial charge in [0.2, 0.25) is 17.8 Å². The van der Waals surface area contributed by atoms with E-state index in [-0.39, 0.29) is 0 Å². The van der Waals surface area contributed by atoms with Gasteiger partial charge < -0.3 is 14.7 Å². The number of nitrogen functional groups attached to an aromatic ring is 1. The molecule has 8 heteroatoms. The van der Waals surface area contributed by atoms with E-state index < -0.39 is 0 Å². The number of likely N-dealkylation sites (N-methyl/N-ethyl adjacent to an activating group) is 2. The van der Waals surface area contributed by atoms with Gasteiger partial charge in [0.25, 0.3) is 0 Å². The molecule has 0 aliphatic heterocycles. The first-order valence-electron chi connectivity index (χ1n) is 5.70. The van der Waals surface area contributed by atoms with Crippen molar-refractivity contribution in [2.24, 2.45) is 5.84 Å². The zero-order valence-corrected chi connectivity index (χ0v) is 11.7. The van der Waals surface area contributed by atoms with E-state index in [1.807, 2.05) is 45.0 Å². The second-order valence-electron chi connectivity index (χ2n) is 4.52. The summed E-state index contributed by atoms with van der Waals surface area (Å²) in [7, 11) is 9.75. The standard InChI is InChI=1S/C10H22N8/c1-16(2)6-7-18(5)10-13-8(15-11)12-9(14-10)17(3)4/h6-7,11H2,1-5H3,(H,12,13,14,15). The molecule has 1 aromatic heterocycles. The van der Waals surface area contributed by atoms with Gasteiger partial charge in [-0.25, -0.2) is 5.84 Å². The summed E-state index contributed by atoms with van der Waals surface area (Å²) >= 11 is 0. The third-order valence-electron chi connectivity index (χ3n) is 2.36. The Bertz CT molecular complexity index is 378. The molecule has 0 bridgehead atoms. The molecular weight excluding hydrogens is 232 g/mol. The zero-order valence-electron chi connectivity index (χ0n) is 11.7. The maximum atomic E-state index is 5.36. The van der Waals surface area contributed by atoms with Crippen molar-refractivity contribution in [3.63, 3.8) is 0 Å². The number of nitrogens with two attached hydrogens (primary N) is 1. The van der Waals surface area contributed by atoms with Crippen LogP contribution in [-0.2, 0) is 0 Å². The highest BCUT2D eigenvalue weighted by Gasteiger charge is 2.11. The second-order valence-corrected chi connectivity index (χ2v) is 4.52. The summed E-state index contributed by atoms with van der Waals surface area (Å²) in [5.41, 5.74) is 2.46. The largest absolute Gasteiger partial charge is 0.347 e. The van der Waals surface area contributed by atoms with Crippen LogP contribution in [0.25, 0.3) is 0 Å². The average Bonchev–Trinajstić information content (AvgIpc) is 2.35. The van der Waals surface area contributed by atoms with Gasteiger partial charge in [0, 0.05) is 34.2 Å². The smallest absolute Gasteiger partial charge is 0.243 e. The predicted octanol–water partition coefficient (Wildman–Crippen LogP) is -0.779. The molecule has 0 saturated heterocycles. The molecule has 0 fully saturated rings. The van der Waals surface area contributed by atoms with E-state index in [0.717, 1.165) is 13.1 Å². The third-order valence-corrected chi connectivity index (χ3v) is 2.36. The summed E-state index contributed by atoms with van der Waals surface area (Å²) in [6.45, 7) is 1.75. The number of anilines is 3. The molecule has 8 nitrogen and oxygen atoms in total. The minimum Gasteiger partial charge on any atom is -0.347 e. The van der Waals surface area contributed by atoms with Crippen LogP contribution < -0.4 is 21.1 Å². The SMILES string of the molecule is CN(C)CCN(C)c1nc(NN)nc(N(C)C)n1. The van der Waals surface area contributed by atoms with Crippen molar-refractivity contribution < 1.29 is 0 Å². The highest BCUT2D eigenvalue weighted by atomic mass is 15.4. The molecule has 1 heterocycles. The molecule has 0 aliphatic rings. The fraction of sp³-hybridized carbons (Fsp3) is 0.700. The molecule has 1 aromatic rings. The number of rotatable bonds is 6. The van der Waals surface area contributed by atoms with Crippen LogP contribution in [0.15, 0.2) is 0 Å². The minimum atomic E-state index is 0.361. The molecule has 1 rings (SSSR count). The summed E-state index contributed by atoms with van der Waals surface area (Å²) in [4.78, 5) is 18.7. The molecule has 18 heavy (non-hydrogen) atoms. The van der Waals surface area contributed by atoms with Gasteiger partial charge in [-0.05, 0) is 14.1 Å². The Morgan fingerprint density at radius 3 is 2.06 bits per heavy atom. The van der Waals surface area contributed by atoms with E-state index in [4.69, 9.17) is 5.84 Å². The average molecular weight is 254 g/mol. The molecule has 0 spiro atoms. The Balaban J connectivity index is 2.89. The van der Waals surface area contributed by atoms with Crippen LogP contribution >= 0.6 is 0 Å². The van der Waals surface area contributed by atoms with Crippen LogP contribution in [0.4, 0.5) is 17.8 Å². The zero-order chi connectivity index (χ0) is 13.7. The first kappa shape index (κ1) is 14.4. The summed E-state index contributed by atoms with van der Waals surface area (Å²) < 4.78 is 0. The molecule has 0 aromatic carbocycles. The predicted molar refractivity (Wildman–Crippen MR) is 73.8 cm³/mol. The number of aromatic nitrogens is 3. The summed E-state index contributed by atoms with van der Waals surface area (Å²) in [6.07, 6.45) is 0. The van der Waals surface area contributed by atoms with E-state index in [0.29, 0.717) is 17.8 Å². The van der Waals surface area contributed by atoms with Crippen LogP contribution in [0.3, 0.4) is 0 Å². The molecule has 0 amide bonds. The van der Waals surface area contributed by atoms with Crippen molar-refractivity contribution >= 4 is 17.8 Å². The molecule has 0 aliphatic carbocycles. The summed E-state index contributed by atoms with van der Waals surface area (Å²) in [5.74, 6) is 6.90. The lowest BCUT2D eigenvalue weighted by Gasteiger charge is -2.21. The maximum Gasteiger partial charge on any atom is 0.243 e. The van der Waals surface area contributed by atoms with Crippen LogP contribution in [0.5, 0.6) is 0 Å². The number of hydrogen-bond acceptors (Lipinski definition) is 8. The van der Waals surface area contributed by atoms with Crippen molar-refractivity contribution in [3.05, 3.63) is 0 Å². The Labute approximate surface area is 108 Å². The van der Waals surface area contributed by atoms with E-state index >= 15 is 0 Å². The Morgan fingerprint density at radius 2 is 1.56 bits per heavy atom. The van der Waals surface area contributed by atoms with Gasteiger partial charge in [-0.1, -0.05) is 0 Å². The molecular formula is C10H22N8. The van der Waals surface area contributed by atoms with Gasteiger partial charge in [0.15, 0.2) is 0 Å². The quantitative estimate of drug-likeness (QED) is 0.505. The van der Waals surface area contributed by atoms with E-state index in [1.54, 1.807) is 0 Å². The Morgan fingerprint density at radius 1 is 0.944 bits per heavy atom. The van der Waals surface area contributed by atoms with Gasteiger partial charge in [0.05, 0.1) is 0 Å².